The first-order chi connectivity index (χ1) is 9.40. The van der Waals surface area contributed by atoms with Gasteiger partial charge in [0.15, 0.2) is 0 Å². The Morgan fingerprint density at radius 1 is 1.35 bits per heavy atom. The van der Waals surface area contributed by atoms with E-state index in [1.54, 1.807) is 0 Å². The van der Waals surface area contributed by atoms with Crippen molar-refractivity contribution in [1.82, 2.24) is 5.32 Å². The van der Waals surface area contributed by atoms with Crippen molar-refractivity contribution in [2.75, 3.05) is 11.9 Å². The largest absolute Gasteiger partial charge is 0.478 e. The summed E-state index contributed by atoms with van der Waals surface area (Å²) in [6, 6.07) is 4.75. The number of amides is 1. The summed E-state index contributed by atoms with van der Waals surface area (Å²) in [5.41, 5.74) is 0.521. The van der Waals surface area contributed by atoms with Gasteiger partial charge in [0.25, 0.3) is 0 Å². The van der Waals surface area contributed by atoms with Gasteiger partial charge in [-0.3, -0.25) is 4.79 Å². The van der Waals surface area contributed by atoms with Crippen molar-refractivity contribution in [2.45, 2.75) is 32.7 Å². The SMILES string of the molecule is CC(C)NCCCC(=O)Nc1ccc(C(=O)O)c(Cl)c1. The molecular formula is C14H19ClN2O3. The van der Waals surface area contributed by atoms with Gasteiger partial charge in [-0.2, -0.15) is 0 Å². The van der Waals surface area contributed by atoms with Crippen molar-refractivity contribution in [3.05, 3.63) is 28.8 Å². The van der Waals surface area contributed by atoms with E-state index in [1.807, 2.05) is 13.8 Å². The smallest absolute Gasteiger partial charge is 0.337 e. The molecule has 0 aliphatic rings. The average Bonchev–Trinajstić information content (AvgIpc) is 2.34. The van der Waals surface area contributed by atoms with Gasteiger partial charge in [-0.15, -0.1) is 0 Å². The average molecular weight is 299 g/mol. The number of rotatable bonds is 7. The highest BCUT2D eigenvalue weighted by molar-refractivity contribution is 6.33. The lowest BCUT2D eigenvalue weighted by Gasteiger charge is -2.09. The van der Waals surface area contributed by atoms with Gasteiger partial charge in [-0.25, -0.2) is 4.79 Å². The predicted octanol–water partition coefficient (Wildman–Crippen LogP) is 2.75. The van der Waals surface area contributed by atoms with E-state index in [-0.39, 0.29) is 16.5 Å². The van der Waals surface area contributed by atoms with Crippen LogP contribution in [0.15, 0.2) is 18.2 Å². The van der Waals surface area contributed by atoms with Crippen molar-refractivity contribution in [3.8, 4) is 0 Å². The van der Waals surface area contributed by atoms with Gasteiger partial charge in [-0.1, -0.05) is 25.4 Å². The molecule has 0 radical (unpaired) electrons. The highest BCUT2D eigenvalue weighted by Crippen LogP contribution is 2.21. The van der Waals surface area contributed by atoms with Crippen LogP contribution in [0.5, 0.6) is 0 Å². The number of benzene rings is 1. The zero-order chi connectivity index (χ0) is 15.1. The molecule has 110 valence electrons. The second kappa shape index (κ2) is 7.87. The van der Waals surface area contributed by atoms with E-state index >= 15 is 0 Å². The summed E-state index contributed by atoms with van der Waals surface area (Å²) in [5.74, 6) is -1.21. The minimum atomic E-state index is -1.09. The number of carbonyl (C=O) groups excluding carboxylic acids is 1. The number of carboxylic acids is 1. The van der Waals surface area contributed by atoms with Gasteiger partial charge in [0.1, 0.15) is 0 Å². The van der Waals surface area contributed by atoms with Crippen LogP contribution in [0, 0.1) is 0 Å². The molecule has 5 nitrogen and oxygen atoms in total. The molecule has 1 rings (SSSR count). The Morgan fingerprint density at radius 2 is 2.05 bits per heavy atom. The molecule has 0 fully saturated rings. The van der Waals surface area contributed by atoms with Crippen molar-refractivity contribution < 1.29 is 14.7 Å². The second-order valence-corrected chi connectivity index (χ2v) is 5.17. The molecule has 1 aromatic carbocycles. The zero-order valence-electron chi connectivity index (χ0n) is 11.6. The molecule has 0 aliphatic carbocycles. The summed E-state index contributed by atoms with van der Waals surface area (Å²) in [6.45, 7) is 4.88. The number of hydrogen-bond donors (Lipinski definition) is 3. The Hall–Kier alpha value is -1.59. The Kier molecular flexibility index (Phi) is 6.48. The third-order valence-electron chi connectivity index (χ3n) is 2.62. The number of aromatic carboxylic acids is 1. The highest BCUT2D eigenvalue weighted by Gasteiger charge is 2.10. The van der Waals surface area contributed by atoms with Crippen LogP contribution in [0.1, 0.15) is 37.0 Å². The molecule has 0 atom stereocenters. The third kappa shape index (κ3) is 5.59. The summed E-state index contributed by atoms with van der Waals surface area (Å²) < 4.78 is 0. The van der Waals surface area contributed by atoms with Crippen molar-refractivity contribution in [1.29, 1.82) is 0 Å². The van der Waals surface area contributed by atoms with Gasteiger partial charge in [-0.05, 0) is 31.2 Å². The maximum Gasteiger partial charge on any atom is 0.337 e. The number of halogens is 1. The van der Waals surface area contributed by atoms with Crippen LogP contribution in [0.2, 0.25) is 5.02 Å². The molecule has 1 amide bonds. The van der Waals surface area contributed by atoms with Gasteiger partial charge >= 0.3 is 5.97 Å². The molecule has 6 heteroatoms. The van der Waals surface area contributed by atoms with Crippen molar-refractivity contribution in [2.24, 2.45) is 0 Å². The van der Waals surface area contributed by atoms with Crippen LogP contribution < -0.4 is 10.6 Å². The minimum absolute atomic E-state index is 0.0193. The quantitative estimate of drug-likeness (QED) is 0.676. The zero-order valence-corrected chi connectivity index (χ0v) is 12.3. The molecule has 0 spiro atoms. The Bertz CT molecular complexity index is 489. The van der Waals surface area contributed by atoms with Crippen LogP contribution in [0.25, 0.3) is 0 Å². The molecule has 0 bridgehead atoms. The van der Waals surface area contributed by atoms with Gasteiger partial charge < -0.3 is 15.7 Å². The summed E-state index contributed by atoms with van der Waals surface area (Å²) in [6.07, 6.45) is 1.14. The van der Waals surface area contributed by atoms with E-state index in [0.717, 1.165) is 13.0 Å². The molecule has 0 aliphatic heterocycles. The summed E-state index contributed by atoms with van der Waals surface area (Å²) in [4.78, 5) is 22.5. The highest BCUT2D eigenvalue weighted by atomic mass is 35.5. The maximum absolute atomic E-state index is 11.7. The summed E-state index contributed by atoms with van der Waals surface area (Å²) >= 11 is 5.83. The number of hydrogen-bond acceptors (Lipinski definition) is 3. The van der Waals surface area contributed by atoms with E-state index in [1.165, 1.54) is 18.2 Å². The van der Waals surface area contributed by atoms with E-state index in [9.17, 15) is 9.59 Å². The van der Waals surface area contributed by atoms with Crippen LogP contribution in [-0.2, 0) is 4.79 Å². The van der Waals surface area contributed by atoms with Crippen LogP contribution in [0.3, 0.4) is 0 Å². The first-order valence-corrected chi connectivity index (χ1v) is 6.84. The number of nitrogens with one attached hydrogen (secondary N) is 2. The first-order valence-electron chi connectivity index (χ1n) is 6.46. The molecule has 0 aromatic heterocycles. The molecule has 0 heterocycles. The standard InChI is InChI=1S/C14H19ClN2O3/c1-9(2)16-7-3-4-13(18)17-10-5-6-11(14(19)20)12(15)8-10/h5-6,8-9,16H,3-4,7H2,1-2H3,(H,17,18)(H,19,20). The van der Waals surface area contributed by atoms with Crippen molar-refractivity contribution in [3.63, 3.8) is 0 Å². The molecule has 3 N–H and O–H groups in total. The summed E-state index contributed by atoms with van der Waals surface area (Å²) in [5, 5.41) is 14.9. The predicted molar refractivity (Wildman–Crippen MR) is 79.4 cm³/mol. The normalized spacial score (nSPS) is 10.6. The van der Waals surface area contributed by atoms with Crippen LogP contribution in [0.4, 0.5) is 5.69 Å². The maximum atomic E-state index is 11.7. The summed E-state index contributed by atoms with van der Waals surface area (Å²) in [7, 11) is 0. The number of carbonyl (C=O) groups is 2. The third-order valence-corrected chi connectivity index (χ3v) is 2.93. The Morgan fingerprint density at radius 3 is 2.60 bits per heavy atom. The minimum Gasteiger partial charge on any atom is -0.478 e. The van der Waals surface area contributed by atoms with Crippen LogP contribution in [-0.4, -0.2) is 29.6 Å². The lowest BCUT2D eigenvalue weighted by molar-refractivity contribution is -0.116. The fourth-order valence-corrected chi connectivity index (χ4v) is 1.89. The van der Waals surface area contributed by atoms with Gasteiger partial charge in [0.05, 0.1) is 10.6 Å². The molecule has 0 saturated heterocycles. The lowest BCUT2D eigenvalue weighted by Crippen LogP contribution is -2.24. The number of anilines is 1. The second-order valence-electron chi connectivity index (χ2n) is 4.76. The van der Waals surface area contributed by atoms with Gasteiger partial charge in [0.2, 0.25) is 5.91 Å². The molecule has 20 heavy (non-hydrogen) atoms. The number of carboxylic acid groups (broad SMARTS) is 1. The van der Waals surface area contributed by atoms with E-state index in [4.69, 9.17) is 16.7 Å². The topological polar surface area (TPSA) is 78.4 Å². The van der Waals surface area contributed by atoms with E-state index in [0.29, 0.717) is 18.2 Å². The lowest BCUT2D eigenvalue weighted by atomic mass is 10.2. The molecule has 0 saturated carbocycles. The van der Waals surface area contributed by atoms with Crippen molar-refractivity contribution >= 4 is 29.2 Å². The Labute approximate surface area is 123 Å². The fraction of sp³-hybridized carbons (Fsp3) is 0.429. The van der Waals surface area contributed by atoms with Crippen LogP contribution >= 0.6 is 11.6 Å². The monoisotopic (exact) mass is 298 g/mol. The van der Waals surface area contributed by atoms with E-state index in [2.05, 4.69) is 10.6 Å². The molecular weight excluding hydrogens is 280 g/mol. The fourth-order valence-electron chi connectivity index (χ4n) is 1.63. The Balaban J connectivity index is 2.46. The first kappa shape index (κ1) is 16.5. The molecule has 0 unspecified atom stereocenters. The van der Waals surface area contributed by atoms with E-state index < -0.39 is 5.97 Å². The molecule has 1 aromatic rings. The van der Waals surface area contributed by atoms with Gasteiger partial charge in [0, 0.05) is 18.2 Å².